The molecule has 0 spiro atoms. The van der Waals surface area contributed by atoms with Crippen molar-refractivity contribution >= 4 is 15.9 Å². The van der Waals surface area contributed by atoms with E-state index in [4.69, 9.17) is 0 Å². The van der Waals surface area contributed by atoms with Crippen LogP contribution in [0.25, 0.3) is 11.4 Å². The molecule has 0 radical (unpaired) electrons. The molecular weight excluding hydrogens is 319 g/mol. The lowest BCUT2D eigenvalue weighted by atomic mass is 10.2. The molecule has 0 saturated heterocycles. The zero-order valence-electron chi connectivity index (χ0n) is 10.6. The van der Waals surface area contributed by atoms with Crippen LogP contribution < -0.4 is 0 Å². The highest BCUT2D eigenvalue weighted by molar-refractivity contribution is 9.10. The standard InChI is InChI=1S/C16H12BrFN2/c17-15-4-2-1-3-14(15)16-19-9-10-20(16)11-12-5-7-13(18)8-6-12/h1-10H,11H2. The van der Waals surface area contributed by atoms with Crippen molar-refractivity contribution in [2.75, 3.05) is 0 Å². The van der Waals surface area contributed by atoms with E-state index in [1.165, 1.54) is 12.1 Å². The lowest BCUT2D eigenvalue weighted by Crippen LogP contribution is -2.01. The zero-order valence-corrected chi connectivity index (χ0v) is 12.2. The predicted octanol–water partition coefficient (Wildman–Crippen LogP) is 4.50. The molecular formula is C16H12BrFN2. The van der Waals surface area contributed by atoms with Gasteiger partial charge in [-0.15, -0.1) is 0 Å². The van der Waals surface area contributed by atoms with Gasteiger partial charge in [0.15, 0.2) is 0 Å². The van der Waals surface area contributed by atoms with Crippen molar-refractivity contribution in [3.63, 3.8) is 0 Å². The smallest absolute Gasteiger partial charge is 0.141 e. The number of benzene rings is 2. The second-order valence-electron chi connectivity index (χ2n) is 4.49. The Morgan fingerprint density at radius 2 is 1.80 bits per heavy atom. The Balaban J connectivity index is 1.95. The summed E-state index contributed by atoms with van der Waals surface area (Å²) in [6, 6.07) is 14.5. The molecule has 0 unspecified atom stereocenters. The first-order chi connectivity index (χ1) is 9.74. The number of imidazole rings is 1. The van der Waals surface area contributed by atoms with Crippen molar-refractivity contribution in [1.82, 2.24) is 9.55 Å². The molecule has 0 bridgehead atoms. The van der Waals surface area contributed by atoms with Gasteiger partial charge in [-0.05, 0) is 23.8 Å². The fraction of sp³-hybridized carbons (Fsp3) is 0.0625. The van der Waals surface area contributed by atoms with Crippen LogP contribution in [-0.2, 0) is 6.54 Å². The molecule has 0 saturated carbocycles. The van der Waals surface area contributed by atoms with Gasteiger partial charge in [-0.3, -0.25) is 0 Å². The molecule has 4 heteroatoms. The van der Waals surface area contributed by atoms with Crippen LogP contribution in [0.4, 0.5) is 4.39 Å². The first-order valence-electron chi connectivity index (χ1n) is 6.24. The van der Waals surface area contributed by atoms with Gasteiger partial charge in [0.2, 0.25) is 0 Å². The van der Waals surface area contributed by atoms with Crippen molar-refractivity contribution in [3.8, 4) is 11.4 Å². The Morgan fingerprint density at radius 1 is 1.05 bits per heavy atom. The topological polar surface area (TPSA) is 17.8 Å². The summed E-state index contributed by atoms with van der Waals surface area (Å²) in [5, 5.41) is 0. The minimum atomic E-state index is -0.217. The summed E-state index contributed by atoms with van der Waals surface area (Å²) in [7, 11) is 0. The van der Waals surface area contributed by atoms with Crippen LogP contribution in [0.5, 0.6) is 0 Å². The number of halogens is 2. The lowest BCUT2D eigenvalue weighted by molar-refractivity contribution is 0.626. The number of nitrogens with zero attached hydrogens (tertiary/aromatic N) is 2. The molecule has 1 aromatic heterocycles. The Morgan fingerprint density at radius 3 is 2.55 bits per heavy atom. The monoisotopic (exact) mass is 330 g/mol. The molecule has 3 aromatic rings. The molecule has 0 aliphatic carbocycles. The molecule has 3 rings (SSSR count). The van der Waals surface area contributed by atoms with Crippen LogP contribution in [0.15, 0.2) is 65.4 Å². The largest absolute Gasteiger partial charge is 0.327 e. The van der Waals surface area contributed by atoms with Crippen LogP contribution in [0, 0.1) is 5.82 Å². The average molecular weight is 331 g/mol. The van der Waals surface area contributed by atoms with E-state index in [0.29, 0.717) is 6.54 Å². The molecule has 2 aromatic carbocycles. The maximum atomic E-state index is 12.9. The summed E-state index contributed by atoms with van der Waals surface area (Å²) < 4.78 is 16.0. The minimum absolute atomic E-state index is 0.217. The molecule has 20 heavy (non-hydrogen) atoms. The molecule has 2 nitrogen and oxygen atoms in total. The van der Waals surface area contributed by atoms with Gasteiger partial charge in [-0.1, -0.05) is 46.3 Å². The number of hydrogen-bond donors (Lipinski definition) is 0. The van der Waals surface area contributed by atoms with Crippen LogP contribution in [0.3, 0.4) is 0 Å². The van der Waals surface area contributed by atoms with Gasteiger partial charge < -0.3 is 4.57 Å². The third kappa shape index (κ3) is 2.65. The molecule has 0 fully saturated rings. The van der Waals surface area contributed by atoms with Crippen molar-refractivity contribution in [1.29, 1.82) is 0 Å². The van der Waals surface area contributed by atoms with Gasteiger partial charge in [-0.25, -0.2) is 9.37 Å². The second kappa shape index (κ2) is 5.59. The van der Waals surface area contributed by atoms with Gasteiger partial charge in [0.1, 0.15) is 11.6 Å². The number of hydrogen-bond acceptors (Lipinski definition) is 1. The van der Waals surface area contributed by atoms with Crippen LogP contribution in [-0.4, -0.2) is 9.55 Å². The molecule has 100 valence electrons. The number of rotatable bonds is 3. The quantitative estimate of drug-likeness (QED) is 0.691. The molecule has 0 atom stereocenters. The SMILES string of the molecule is Fc1ccc(Cn2ccnc2-c2ccccc2Br)cc1. The third-order valence-electron chi connectivity index (χ3n) is 3.10. The highest BCUT2D eigenvalue weighted by Crippen LogP contribution is 2.26. The summed E-state index contributed by atoms with van der Waals surface area (Å²) in [5.41, 5.74) is 2.08. The van der Waals surface area contributed by atoms with Crippen LogP contribution >= 0.6 is 15.9 Å². The van der Waals surface area contributed by atoms with Crippen LogP contribution in [0.2, 0.25) is 0 Å². The first kappa shape index (κ1) is 13.1. The van der Waals surface area contributed by atoms with Gasteiger partial charge in [0.25, 0.3) is 0 Å². The average Bonchev–Trinajstić information content (AvgIpc) is 2.90. The van der Waals surface area contributed by atoms with Crippen molar-refractivity contribution < 1.29 is 4.39 Å². The molecule has 0 aliphatic heterocycles. The van der Waals surface area contributed by atoms with Crippen molar-refractivity contribution in [3.05, 3.63) is 76.8 Å². The maximum Gasteiger partial charge on any atom is 0.141 e. The molecule has 0 amide bonds. The van der Waals surface area contributed by atoms with Gasteiger partial charge in [0, 0.05) is 29.0 Å². The maximum absolute atomic E-state index is 12.9. The normalized spacial score (nSPS) is 10.7. The fourth-order valence-corrected chi connectivity index (χ4v) is 2.57. The fourth-order valence-electron chi connectivity index (χ4n) is 2.11. The minimum Gasteiger partial charge on any atom is -0.327 e. The van der Waals surface area contributed by atoms with E-state index in [9.17, 15) is 4.39 Å². The van der Waals surface area contributed by atoms with E-state index in [-0.39, 0.29) is 5.82 Å². The Kier molecular flexibility index (Phi) is 3.65. The molecule has 0 N–H and O–H groups in total. The summed E-state index contributed by atoms with van der Waals surface area (Å²) in [6.07, 6.45) is 3.70. The summed E-state index contributed by atoms with van der Waals surface area (Å²) in [6.45, 7) is 0.664. The van der Waals surface area contributed by atoms with E-state index in [2.05, 4.69) is 20.9 Å². The van der Waals surface area contributed by atoms with Crippen molar-refractivity contribution in [2.24, 2.45) is 0 Å². The molecule has 1 heterocycles. The van der Waals surface area contributed by atoms with E-state index >= 15 is 0 Å². The highest BCUT2D eigenvalue weighted by atomic mass is 79.9. The zero-order chi connectivity index (χ0) is 13.9. The van der Waals surface area contributed by atoms with E-state index in [0.717, 1.165) is 21.4 Å². The summed E-state index contributed by atoms with van der Waals surface area (Å²) >= 11 is 3.54. The Labute approximate surface area is 125 Å². The number of aromatic nitrogens is 2. The van der Waals surface area contributed by atoms with Gasteiger partial charge in [0.05, 0.1) is 0 Å². The highest BCUT2D eigenvalue weighted by Gasteiger charge is 2.09. The van der Waals surface area contributed by atoms with Gasteiger partial charge in [-0.2, -0.15) is 0 Å². The summed E-state index contributed by atoms with van der Waals surface area (Å²) in [4.78, 5) is 4.42. The summed E-state index contributed by atoms with van der Waals surface area (Å²) in [5.74, 6) is 0.673. The van der Waals surface area contributed by atoms with Crippen LogP contribution in [0.1, 0.15) is 5.56 Å². The van der Waals surface area contributed by atoms with E-state index in [1.54, 1.807) is 18.3 Å². The van der Waals surface area contributed by atoms with Crippen molar-refractivity contribution in [2.45, 2.75) is 6.54 Å². The Bertz CT molecular complexity index is 719. The van der Waals surface area contributed by atoms with E-state index < -0.39 is 0 Å². The van der Waals surface area contributed by atoms with E-state index in [1.807, 2.05) is 35.0 Å². The third-order valence-corrected chi connectivity index (χ3v) is 3.79. The predicted molar refractivity (Wildman–Crippen MR) is 80.9 cm³/mol. The Hall–Kier alpha value is -1.94. The molecule has 0 aliphatic rings. The first-order valence-corrected chi connectivity index (χ1v) is 7.04. The van der Waals surface area contributed by atoms with Gasteiger partial charge >= 0.3 is 0 Å². The second-order valence-corrected chi connectivity index (χ2v) is 5.34. The lowest BCUT2D eigenvalue weighted by Gasteiger charge is -2.09.